The van der Waals surface area contributed by atoms with Crippen molar-refractivity contribution in [1.82, 2.24) is 10.2 Å². The molecule has 0 saturated heterocycles. The van der Waals surface area contributed by atoms with Crippen LogP contribution in [-0.4, -0.2) is 23.3 Å². The van der Waals surface area contributed by atoms with Crippen LogP contribution in [0.2, 0.25) is 5.02 Å². The smallest absolute Gasteiger partial charge is 0.339 e. The highest BCUT2D eigenvalue weighted by atomic mass is 35.5. The van der Waals surface area contributed by atoms with Crippen LogP contribution in [-0.2, 0) is 11.3 Å². The van der Waals surface area contributed by atoms with Crippen LogP contribution in [0.3, 0.4) is 0 Å². The molecule has 6 nitrogen and oxygen atoms in total. The largest absolute Gasteiger partial charge is 0.496 e. The average Bonchev–Trinajstić information content (AvgIpc) is 3.20. The molecule has 0 fully saturated rings. The normalized spacial score (nSPS) is 10.8. The summed E-state index contributed by atoms with van der Waals surface area (Å²) in [6.07, 6.45) is 0. The molecule has 4 rings (SSSR count). The lowest BCUT2D eigenvalue weighted by atomic mass is 10.0. The molecule has 0 aliphatic heterocycles. The predicted octanol–water partition coefficient (Wildman–Crippen LogP) is 4.91. The topological polar surface area (TPSA) is 74.5 Å². The number of benzene rings is 3. The molecule has 0 amide bonds. The van der Waals surface area contributed by atoms with E-state index in [4.69, 9.17) is 25.5 Å². The standard InChI is InChI=1S/C21H15ClN2O4/c1-26-18-11-10-17(15-4-2-3-5-16(15)18)21(25)27-12-19-23-24-20(28-19)13-6-8-14(22)9-7-13/h2-11H,12H2,1H3. The van der Waals surface area contributed by atoms with E-state index in [0.29, 0.717) is 22.2 Å². The van der Waals surface area contributed by atoms with E-state index in [2.05, 4.69) is 10.2 Å². The second-order valence-electron chi connectivity index (χ2n) is 5.94. The minimum Gasteiger partial charge on any atom is -0.496 e. The number of methoxy groups -OCH3 is 1. The molecule has 1 heterocycles. The molecule has 0 aliphatic rings. The van der Waals surface area contributed by atoms with Crippen LogP contribution in [0.4, 0.5) is 0 Å². The van der Waals surface area contributed by atoms with Crippen LogP contribution in [0.25, 0.3) is 22.2 Å². The minimum absolute atomic E-state index is 0.125. The average molecular weight is 395 g/mol. The monoisotopic (exact) mass is 394 g/mol. The van der Waals surface area contributed by atoms with Gasteiger partial charge in [-0.2, -0.15) is 0 Å². The fourth-order valence-corrected chi connectivity index (χ4v) is 2.98. The van der Waals surface area contributed by atoms with Crippen molar-refractivity contribution in [2.45, 2.75) is 6.61 Å². The van der Waals surface area contributed by atoms with E-state index in [0.717, 1.165) is 16.3 Å². The molecular weight excluding hydrogens is 380 g/mol. The molecule has 140 valence electrons. The Hall–Kier alpha value is -3.38. The van der Waals surface area contributed by atoms with Crippen LogP contribution < -0.4 is 4.74 Å². The van der Waals surface area contributed by atoms with Crippen LogP contribution in [0.5, 0.6) is 5.75 Å². The molecule has 28 heavy (non-hydrogen) atoms. The highest BCUT2D eigenvalue weighted by Crippen LogP contribution is 2.29. The molecule has 3 aromatic carbocycles. The SMILES string of the molecule is COc1ccc(C(=O)OCc2nnc(-c3ccc(Cl)cc3)o2)c2ccccc12. The van der Waals surface area contributed by atoms with Crippen LogP contribution >= 0.6 is 11.6 Å². The Morgan fingerprint density at radius 2 is 1.75 bits per heavy atom. The maximum atomic E-state index is 12.6. The number of carbonyl (C=O) groups is 1. The van der Waals surface area contributed by atoms with Crippen molar-refractivity contribution in [1.29, 1.82) is 0 Å². The van der Waals surface area contributed by atoms with Gasteiger partial charge in [0.05, 0.1) is 12.7 Å². The number of esters is 1. The third kappa shape index (κ3) is 3.54. The number of ether oxygens (including phenoxy) is 2. The van der Waals surface area contributed by atoms with Gasteiger partial charge >= 0.3 is 5.97 Å². The summed E-state index contributed by atoms with van der Waals surface area (Å²) in [6.45, 7) is -0.125. The first kappa shape index (κ1) is 18.0. The number of nitrogens with zero attached hydrogens (tertiary/aromatic N) is 2. The summed E-state index contributed by atoms with van der Waals surface area (Å²) in [7, 11) is 1.59. The van der Waals surface area contributed by atoms with Gasteiger partial charge in [-0.25, -0.2) is 4.79 Å². The van der Waals surface area contributed by atoms with Crippen molar-refractivity contribution in [2.75, 3.05) is 7.11 Å². The fraction of sp³-hybridized carbons (Fsp3) is 0.0952. The van der Waals surface area contributed by atoms with E-state index in [1.807, 2.05) is 24.3 Å². The van der Waals surface area contributed by atoms with Gasteiger partial charge in [0.2, 0.25) is 5.89 Å². The van der Waals surface area contributed by atoms with E-state index in [-0.39, 0.29) is 12.5 Å². The molecule has 0 radical (unpaired) electrons. The molecule has 0 atom stereocenters. The third-order valence-electron chi connectivity index (χ3n) is 4.21. The van der Waals surface area contributed by atoms with E-state index in [1.54, 1.807) is 43.5 Å². The Labute approximate surface area is 165 Å². The molecule has 0 bridgehead atoms. The van der Waals surface area contributed by atoms with Crippen LogP contribution in [0.15, 0.2) is 65.1 Å². The Kier molecular flexibility index (Phi) is 4.95. The van der Waals surface area contributed by atoms with Gasteiger partial charge in [-0.15, -0.1) is 10.2 Å². The first-order valence-electron chi connectivity index (χ1n) is 8.47. The summed E-state index contributed by atoms with van der Waals surface area (Å²) >= 11 is 5.88. The summed E-state index contributed by atoms with van der Waals surface area (Å²) < 4.78 is 16.3. The third-order valence-corrected chi connectivity index (χ3v) is 4.46. The molecule has 0 N–H and O–H groups in total. The first-order chi connectivity index (χ1) is 13.7. The molecule has 0 spiro atoms. The van der Waals surface area contributed by atoms with Crippen LogP contribution in [0.1, 0.15) is 16.2 Å². The van der Waals surface area contributed by atoms with E-state index < -0.39 is 5.97 Å². The number of carbonyl (C=O) groups excluding carboxylic acids is 1. The fourth-order valence-electron chi connectivity index (χ4n) is 2.85. The highest BCUT2D eigenvalue weighted by Gasteiger charge is 2.16. The molecule has 0 saturated carbocycles. The molecule has 1 aromatic heterocycles. The van der Waals surface area contributed by atoms with Gasteiger partial charge in [0.25, 0.3) is 5.89 Å². The minimum atomic E-state index is -0.481. The van der Waals surface area contributed by atoms with E-state index in [9.17, 15) is 4.79 Å². The van der Waals surface area contributed by atoms with Crippen molar-refractivity contribution in [2.24, 2.45) is 0 Å². The van der Waals surface area contributed by atoms with Crippen molar-refractivity contribution in [3.63, 3.8) is 0 Å². The van der Waals surface area contributed by atoms with Crippen LogP contribution in [0, 0.1) is 0 Å². The number of halogens is 1. The lowest BCUT2D eigenvalue weighted by Crippen LogP contribution is -2.06. The Balaban J connectivity index is 1.51. The molecule has 0 aliphatic carbocycles. The molecule has 4 aromatic rings. The zero-order valence-corrected chi connectivity index (χ0v) is 15.6. The number of fused-ring (bicyclic) bond motifs is 1. The Morgan fingerprint density at radius 1 is 1.00 bits per heavy atom. The Bertz CT molecular complexity index is 1140. The zero-order chi connectivity index (χ0) is 19.5. The van der Waals surface area contributed by atoms with E-state index >= 15 is 0 Å². The van der Waals surface area contributed by atoms with Gasteiger partial charge in [0, 0.05) is 16.0 Å². The van der Waals surface area contributed by atoms with Crippen molar-refractivity contribution >= 4 is 28.3 Å². The number of aromatic nitrogens is 2. The highest BCUT2D eigenvalue weighted by molar-refractivity contribution is 6.30. The second-order valence-corrected chi connectivity index (χ2v) is 6.38. The summed E-state index contributed by atoms with van der Waals surface area (Å²) in [6, 6.07) is 17.9. The predicted molar refractivity (Wildman–Crippen MR) is 104 cm³/mol. The van der Waals surface area contributed by atoms with Gasteiger partial charge in [0.1, 0.15) is 5.75 Å². The summed E-state index contributed by atoms with van der Waals surface area (Å²) in [4.78, 5) is 12.6. The molecule has 0 unspecified atom stereocenters. The maximum absolute atomic E-state index is 12.6. The second kappa shape index (κ2) is 7.70. The quantitative estimate of drug-likeness (QED) is 0.448. The van der Waals surface area contributed by atoms with Crippen molar-refractivity contribution in [3.8, 4) is 17.2 Å². The van der Waals surface area contributed by atoms with Gasteiger partial charge in [-0.1, -0.05) is 35.9 Å². The van der Waals surface area contributed by atoms with Crippen molar-refractivity contribution in [3.05, 3.63) is 77.1 Å². The van der Waals surface area contributed by atoms with Crippen molar-refractivity contribution < 1.29 is 18.7 Å². The summed E-state index contributed by atoms with van der Waals surface area (Å²) in [5.41, 5.74) is 1.17. The Morgan fingerprint density at radius 3 is 2.50 bits per heavy atom. The number of hydrogen-bond acceptors (Lipinski definition) is 6. The number of hydrogen-bond donors (Lipinski definition) is 0. The van der Waals surface area contributed by atoms with Gasteiger partial charge in [-0.3, -0.25) is 0 Å². The summed E-state index contributed by atoms with van der Waals surface area (Å²) in [5.74, 6) is 0.746. The maximum Gasteiger partial charge on any atom is 0.339 e. The lowest BCUT2D eigenvalue weighted by Gasteiger charge is -2.09. The number of rotatable bonds is 5. The van der Waals surface area contributed by atoms with Gasteiger partial charge < -0.3 is 13.9 Å². The molecule has 7 heteroatoms. The summed E-state index contributed by atoms with van der Waals surface area (Å²) in [5, 5.41) is 10.1. The molecular formula is C21H15ClN2O4. The van der Waals surface area contributed by atoms with E-state index in [1.165, 1.54) is 0 Å². The van der Waals surface area contributed by atoms with Gasteiger partial charge in [0.15, 0.2) is 6.61 Å². The first-order valence-corrected chi connectivity index (χ1v) is 8.84. The van der Waals surface area contributed by atoms with Gasteiger partial charge in [-0.05, 0) is 41.8 Å². The zero-order valence-electron chi connectivity index (χ0n) is 14.9. The lowest BCUT2D eigenvalue weighted by molar-refractivity contribution is 0.0441.